The molecule has 4 rings (SSSR count). The van der Waals surface area contributed by atoms with Crippen LogP contribution in [0, 0.1) is 12.3 Å². The third kappa shape index (κ3) is 5.98. The number of methoxy groups -OCH3 is 2. The van der Waals surface area contributed by atoms with Crippen molar-refractivity contribution in [3.05, 3.63) is 81.6 Å². The molecule has 0 aliphatic rings. The SMILES string of the molecule is COc1cc(C)c(-c2nc3ccccc3c(=O)n2N=Cc2cccc(OC)c2OCC(C)(C)C)cc1C(C)C. The lowest BCUT2D eigenvalue weighted by molar-refractivity contribution is 0.191. The van der Waals surface area contributed by atoms with E-state index in [2.05, 4.69) is 34.6 Å². The van der Waals surface area contributed by atoms with E-state index < -0.39 is 0 Å². The summed E-state index contributed by atoms with van der Waals surface area (Å²) in [5.74, 6) is 2.64. The first-order valence-electron chi connectivity index (χ1n) is 13.1. The summed E-state index contributed by atoms with van der Waals surface area (Å²) < 4.78 is 18.8. The van der Waals surface area contributed by atoms with Gasteiger partial charge in [0, 0.05) is 11.1 Å². The van der Waals surface area contributed by atoms with E-state index in [0.717, 1.165) is 22.4 Å². The zero-order valence-corrected chi connectivity index (χ0v) is 24.0. The summed E-state index contributed by atoms with van der Waals surface area (Å²) in [6, 6.07) is 17.0. The van der Waals surface area contributed by atoms with Gasteiger partial charge in [0.15, 0.2) is 17.3 Å². The van der Waals surface area contributed by atoms with Crippen molar-refractivity contribution in [2.24, 2.45) is 10.5 Å². The predicted octanol–water partition coefficient (Wildman–Crippen LogP) is 6.82. The molecule has 39 heavy (non-hydrogen) atoms. The summed E-state index contributed by atoms with van der Waals surface area (Å²) in [5.41, 5.74) is 3.77. The van der Waals surface area contributed by atoms with Gasteiger partial charge in [0.1, 0.15) is 5.75 Å². The second kappa shape index (κ2) is 11.3. The van der Waals surface area contributed by atoms with Crippen molar-refractivity contribution in [3.8, 4) is 28.6 Å². The Hall–Kier alpha value is -4.13. The maximum Gasteiger partial charge on any atom is 0.282 e. The van der Waals surface area contributed by atoms with Gasteiger partial charge in [-0.3, -0.25) is 4.79 Å². The first-order valence-corrected chi connectivity index (χ1v) is 13.1. The smallest absolute Gasteiger partial charge is 0.282 e. The van der Waals surface area contributed by atoms with Crippen LogP contribution in [-0.2, 0) is 0 Å². The molecule has 0 fully saturated rings. The lowest BCUT2D eigenvalue weighted by Gasteiger charge is -2.21. The average Bonchev–Trinajstić information content (AvgIpc) is 2.90. The van der Waals surface area contributed by atoms with Crippen LogP contribution in [0.5, 0.6) is 17.2 Å². The predicted molar refractivity (Wildman–Crippen MR) is 158 cm³/mol. The monoisotopic (exact) mass is 527 g/mol. The van der Waals surface area contributed by atoms with Crippen molar-refractivity contribution < 1.29 is 14.2 Å². The van der Waals surface area contributed by atoms with E-state index in [9.17, 15) is 4.79 Å². The van der Waals surface area contributed by atoms with Gasteiger partial charge in [-0.2, -0.15) is 9.78 Å². The van der Waals surface area contributed by atoms with E-state index in [1.165, 1.54) is 4.68 Å². The molecule has 4 aromatic rings. The van der Waals surface area contributed by atoms with Crippen LogP contribution in [0.15, 0.2) is 64.5 Å². The number of aromatic nitrogens is 2. The summed E-state index contributed by atoms with van der Waals surface area (Å²) in [5, 5.41) is 5.18. The van der Waals surface area contributed by atoms with Crippen molar-refractivity contribution >= 4 is 17.1 Å². The van der Waals surface area contributed by atoms with Crippen LogP contribution in [0.2, 0.25) is 0 Å². The van der Waals surface area contributed by atoms with Gasteiger partial charge in [0.05, 0.1) is 37.9 Å². The summed E-state index contributed by atoms with van der Waals surface area (Å²) in [4.78, 5) is 18.7. The topological polar surface area (TPSA) is 74.9 Å². The molecule has 0 saturated carbocycles. The highest BCUT2D eigenvalue weighted by Gasteiger charge is 2.19. The molecule has 0 saturated heterocycles. The molecule has 0 bridgehead atoms. The van der Waals surface area contributed by atoms with Crippen molar-refractivity contribution in [3.63, 3.8) is 0 Å². The fourth-order valence-electron chi connectivity index (χ4n) is 4.33. The Balaban J connectivity index is 1.94. The number of aryl methyl sites for hydroxylation is 1. The Morgan fingerprint density at radius 1 is 1.00 bits per heavy atom. The molecular formula is C32H37N3O4. The fourth-order valence-corrected chi connectivity index (χ4v) is 4.33. The van der Waals surface area contributed by atoms with Crippen LogP contribution in [0.25, 0.3) is 22.3 Å². The third-order valence-electron chi connectivity index (χ3n) is 6.38. The molecule has 0 aliphatic heterocycles. The molecule has 0 amide bonds. The number of para-hydroxylation sites is 2. The molecule has 3 aromatic carbocycles. The first-order chi connectivity index (χ1) is 18.5. The van der Waals surface area contributed by atoms with E-state index >= 15 is 0 Å². The highest BCUT2D eigenvalue weighted by Crippen LogP contribution is 2.35. The number of benzene rings is 3. The van der Waals surface area contributed by atoms with Crippen LogP contribution in [0.1, 0.15) is 57.2 Å². The number of hydrogen-bond donors (Lipinski definition) is 0. The molecule has 204 valence electrons. The first kappa shape index (κ1) is 27.9. The van der Waals surface area contributed by atoms with Crippen LogP contribution in [0.3, 0.4) is 0 Å². The Labute approximate surface area is 230 Å². The summed E-state index contributed by atoms with van der Waals surface area (Å²) in [6.07, 6.45) is 1.63. The van der Waals surface area contributed by atoms with Gasteiger partial charge in [-0.05, 0) is 65.8 Å². The number of hydrogen-bond acceptors (Lipinski definition) is 6. The Morgan fingerprint density at radius 2 is 1.72 bits per heavy atom. The van der Waals surface area contributed by atoms with E-state index in [-0.39, 0.29) is 16.9 Å². The number of nitrogens with zero attached hydrogens (tertiary/aromatic N) is 3. The third-order valence-corrected chi connectivity index (χ3v) is 6.38. The number of rotatable bonds is 8. The number of ether oxygens (including phenoxy) is 3. The molecule has 0 spiro atoms. The maximum absolute atomic E-state index is 13.8. The molecule has 0 atom stereocenters. The maximum atomic E-state index is 13.8. The molecule has 0 aliphatic carbocycles. The zero-order chi connectivity index (χ0) is 28.3. The van der Waals surface area contributed by atoms with Crippen LogP contribution >= 0.6 is 0 Å². The Bertz CT molecular complexity index is 1580. The standard InChI is InChI=1S/C32H37N3O4/c1-20(2)24-17-25(21(3)16-28(24)38-8)30-34-26-14-10-9-13-23(26)31(36)35(30)33-18-22-12-11-15-27(37-7)29(22)39-19-32(4,5)6/h9-18,20H,19H2,1-8H3. The molecule has 0 unspecified atom stereocenters. The molecule has 1 aromatic heterocycles. The van der Waals surface area contributed by atoms with Gasteiger partial charge < -0.3 is 14.2 Å². The van der Waals surface area contributed by atoms with Gasteiger partial charge in [-0.25, -0.2) is 4.98 Å². The Kier molecular flexibility index (Phi) is 8.09. The molecule has 1 heterocycles. The summed E-state index contributed by atoms with van der Waals surface area (Å²) in [7, 11) is 3.27. The van der Waals surface area contributed by atoms with E-state index in [1.807, 2.05) is 55.5 Å². The highest BCUT2D eigenvalue weighted by molar-refractivity contribution is 5.86. The van der Waals surface area contributed by atoms with Crippen molar-refractivity contribution in [1.29, 1.82) is 0 Å². The Morgan fingerprint density at radius 3 is 2.38 bits per heavy atom. The highest BCUT2D eigenvalue weighted by atomic mass is 16.5. The molecule has 0 N–H and O–H groups in total. The van der Waals surface area contributed by atoms with Gasteiger partial charge in [0.2, 0.25) is 0 Å². The summed E-state index contributed by atoms with van der Waals surface area (Å²) in [6.45, 7) is 13.0. The number of fused-ring (bicyclic) bond motifs is 1. The summed E-state index contributed by atoms with van der Waals surface area (Å²) >= 11 is 0. The van der Waals surface area contributed by atoms with Gasteiger partial charge in [-0.1, -0.05) is 52.8 Å². The van der Waals surface area contributed by atoms with E-state index in [0.29, 0.717) is 40.4 Å². The minimum Gasteiger partial charge on any atom is -0.496 e. The normalized spacial score (nSPS) is 11.9. The van der Waals surface area contributed by atoms with Crippen LogP contribution in [-0.4, -0.2) is 36.7 Å². The van der Waals surface area contributed by atoms with Crippen molar-refractivity contribution in [2.45, 2.75) is 47.5 Å². The second-order valence-corrected chi connectivity index (χ2v) is 11.1. The van der Waals surface area contributed by atoms with Crippen LogP contribution < -0.4 is 19.8 Å². The molecule has 0 radical (unpaired) electrons. The zero-order valence-electron chi connectivity index (χ0n) is 24.0. The van der Waals surface area contributed by atoms with E-state index in [4.69, 9.17) is 24.3 Å². The van der Waals surface area contributed by atoms with Gasteiger partial charge in [-0.15, -0.1) is 0 Å². The molecule has 7 nitrogen and oxygen atoms in total. The van der Waals surface area contributed by atoms with Crippen LogP contribution in [0.4, 0.5) is 0 Å². The molecule has 7 heteroatoms. The van der Waals surface area contributed by atoms with Crippen molar-refractivity contribution in [1.82, 2.24) is 9.66 Å². The minimum absolute atomic E-state index is 0.0539. The van der Waals surface area contributed by atoms with E-state index in [1.54, 1.807) is 26.5 Å². The van der Waals surface area contributed by atoms with Gasteiger partial charge >= 0.3 is 0 Å². The second-order valence-electron chi connectivity index (χ2n) is 11.1. The fraction of sp³-hybridized carbons (Fsp3) is 0.344. The molecular weight excluding hydrogens is 490 g/mol. The average molecular weight is 528 g/mol. The lowest BCUT2D eigenvalue weighted by atomic mass is 9.96. The van der Waals surface area contributed by atoms with Gasteiger partial charge in [0.25, 0.3) is 5.56 Å². The minimum atomic E-state index is -0.256. The van der Waals surface area contributed by atoms with Crippen molar-refractivity contribution in [2.75, 3.05) is 20.8 Å². The lowest BCUT2D eigenvalue weighted by Crippen LogP contribution is -2.21. The largest absolute Gasteiger partial charge is 0.496 e. The quantitative estimate of drug-likeness (QED) is 0.235.